The molecule has 2 aliphatic heterocycles. The monoisotopic (exact) mass is 321 g/mol. The Morgan fingerprint density at radius 3 is 2.70 bits per heavy atom. The smallest absolute Gasteiger partial charge is 0.326 e. The van der Waals surface area contributed by atoms with Crippen molar-refractivity contribution in [3.05, 3.63) is 23.5 Å². The Morgan fingerprint density at radius 1 is 1.30 bits per heavy atom. The zero-order chi connectivity index (χ0) is 16.5. The topological polar surface area (TPSA) is 76.1 Å². The quantitative estimate of drug-likeness (QED) is 0.898. The van der Waals surface area contributed by atoms with Crippen molar-refractivity contribution in [3.63, 3.8) is 0 Å². The van der Waals surface area contributed by atoms with Crippen molar-refractivity contribution in [3.8, 4) is 11.5 Å². The fourth-order valence-corrected chi connectivity index (χ4v) is 4.06. The number of amides is 1. The molecule has 0 radical (unpaired) electrons. The number of carbonyl (C=O) groups excluding carboxylic acids is 1. The van der Waals surface area contributed by atoms with Gasteiger partial charge in [0, 0.05) is 12.5 Å². The summed E-state index contributed by atoms with van der Waals surface area (Å²) < 4.78 is 23.9. The molecular formula is C16H16FNO5. The maximum absolute atomic E-state index is 13.7. The molecule has 1 saturated heterocycles. The van der Waals surface area contributed by atoms with Crippen molar-refractivity contribution in [1.82, 2.24) is 4.90 Å². The summed E-state index contributed by atoms with van der Waals surface area (Å²) in [4.78, 5) is 25.8. The summed E-state index contributed by atoms with van der Waals surface area (Å²) in [6, 6.07) is 1.60. The van der Waals surface area contributed by atoms with Crippen molar-refractivity contribution in [2.75, 3.05) is 13.3 Å². The van der Waals surface area contributed by atoms with Crippen LogP contribution < -0.4 is 9.47 Å². The van der Waals surface area contributed by atoms with Crippen LogP contribution in [0.5, 0.6) is 11.5 Å². The molecule has 2 fully saturated rings. The van der Waals surface area contributed by atoms with Crippen molar-refractivity contribution < 1.29 is 28.6 Å². The number of rotatable bonds is 2. The van der Waals surface area contributed by atoms with Crippen LogP contribution in [0, 0.1) is 23.1 Å². The number of hydrogen-bond acceptors (Lipinski definition) is 4. The number of ether oxygens (including phenoxy) is 2. The van der Waals surface area contributed by atoms with Crippen LogP contribution in [-0.4, -0.2) is 41.3 Å². The molecule has 1 saturated carbocycles. The number of fused-ring (bicyclic) bond motifs is 2. The highest BCUT2D eigenvalue weighted by Gasteiger charge is 2.69. The number of aliphatic carboxylic acids is 1. The highest BCUT2D eigenvalue weighted by Crippen LogP contribution is 2.65. The van der Waals surface area contributed by atoms with Gasteiger partial charge in [0.1, 0.15) is 6.04 Å². The van der Waals surface area contributed by atoms with Gasteiger partial charge in [0.05, 0.1) is 5.56 Å². The SMILES string of the molecule is CC1(C)[C@@H]2[C@@H](C(=O)O)N(C(=O)c3ccc(F)c4c3OCO4)C[C@@H]21. The van der Waals surface area contributed by atoms with Gasteiger partial charge in [-0.05, 0) is 23.5 Å². The van der Waals surface area contributed by atoms with E-state index in [0.717, 1.165) is 6.07 Å². The van der Waals surface area contributed by atoms with Crippen LogP contribution in [0.1, 0.15) is 24.2 Å². The highest BCUT2D eigenvalue weighted by atomic mass is 19.1. The Bertz CT molecular complexity index is 731. The number of halogens is 1. The molecule has 1 aromatic rings. The van der Waals surface area contributed by atoms with Gasteiger partial charge < -0.3 is 19.5 Å². The van der Waals surface area contributed by atoms with Crippen LogP contribution in [0.25, 0.3) is 0 Å². The van der Waals surface area contributed by atoms with Crippen LogP contribution in [0.4, 0.5) is 4.39 Å². The van der Waals surface area contributed by atoms with Crippen LogP contribution in [0.2, 0.25) is 0 Å². The lowest BCUT2D eigenvalue weighted by Crippen LogP contribution is -2.45. The van der Waals surface area contributed by atoms with Crippen LogP contribution in [-0.2, 0) is 4.79 Å². The molecule has 2 heterocycles. The van der Waals surface area contributed by atoms with Gasteiger partial charge in [-0.2, -0.15) is 0 Å². The van der Waals surface area contributed by atoms with Gasteiger partial charge in [-0.3, -0.25) is 4.79 Å². The Kier molecular flexibility index (Phi) is 2.71. The summed E-state index contributed by atoms with van der Waals surface area (Å²) >= 11 is 0. The summed E-state index contributed by atoms with van der Waals surface area (Å²) in [5, 5.41) is 9.54. The lowest BCUT2D eigenvalue weighted by Gasteiger charge is -2.28. The molecule has 0 aromatic heterocycles. The number of carboxylic acids is 1. The first-order chi connectivity index (χ1) is 10.8. The minimum Gasteiger partial charge on any atom is -0.480 e. The lowest BCUT2D eigenvalue weighted by atomic mass is 10.00. The van der Waals surface area contributed by atoms with Gasteiger partial charge in [-0.25, -0.2) is 9.18 Å². The number of nitrogens with zero attached hydrogens (tertiary/aromatic N) is 1. The predicted molar refractivity (Wildman–Crippen MR) is 75.7 cm³/mol. The van der Waals surface area contributed by atoms with Crippen molar-refractivity contribution in [2.45, 2.75) is 19.9 Å². The molecule has 4 rings (SSSR count). The van der Waals surface area contributed by atoms with E-state index in [-0.39, 0.29) is 41.1 Å². The van der Waals surface area contributed by atoms with Gasteiger partial charge in [-0.15, -0.1) is 0 Å². The summed E-state index contributed by atoms with van der Waals surface area (Å²) in [6.07, 6.45) is 0. The van der Waals surface area contributed by atoms with Gasteiger partial charge >= 0.3 is 5.97 Å². The lowest BCUT2D eigenvalue weighted by molar-refractivity contribution is -0.142. The van der Waals surface area contributed by atoms with Gasteiger partial charge in [0.2, 0.25) is 12.5 Å². The molecule has 23 heavy (non-hydrogen) atoms. The third kappa shape index (κ3) is 1.79. The van der Waals surface area contributed by atoms with Gasteiger partial charge in [0.25, 0.3) is 5.91 Å². The molecule has 0 bridgehead atoms. The van der Waals surface area contributed by atoms with Crippen LogP contribution >= 0.6 is 0 Å². The van der Waals surface area contributed by atoms with Crippen LogP contribution in [0.3, 0.4) is 0 Å². The van der Waals surface area contributed by atoms with E-state index in [1.165, 1.54) is 11.0 Å². The predicted octanol–water partition coefficient (Wildman–Crippen LogP) is 1.74. The Hall–Kier alpha value is -2.31. The first-order valence-corrected chi connectivity index (χ1v) is 7.46. The van der Waals surface area contributed by atoms with E-state index in [0.29, 0.717) is 6.54 Å². The number of benzene rings is 1. The second-order valence-corrected chi connectivity index (χ2v) is 6.85. The first kappa shape index (κ1) is 14.3. The summed E-state index contributed by atoms with van der Waals surface area (Å²) in [5.74, 6) is -1.97. The number of piperidine rings is 1. The molecule has 3 aliphatic rings. The zero-order valence-corrected chi connectivity index (χ0v) is 12.7. The molecule has 122 valence electrons. The second kappa shape index (κ2) is 4.37. The highest BCUT2D eigenvalue weighted by molar-refractivity contribution is 6.00. The molecule has 3 atom stereocenters. The minimum absolute atomic E-state index is 0.0467. The van der Waals surface area contributed by atoms with Gasteiger partial charge in [0.15, 0.2) is 11.6 Å². The van der Waals surface area contributed by atoms with Crippen LogP contribution in [0.15, 0.2) is 12.1 Å². The normalized spacial score (nSPS) is 29.3. The summed E-state index contributed by atoms with van der Waals surface area (Å²) in [7, 11) is 0. The van der Waals surface area contributed by atoms with E-state index in [2.05, 4.69) is 0 Å². The Labute approximate surface area is 131 Å². The van der Waals surface area contributed by atoms with Crippen molar-refractivity contribution in [2.24, 2.45) is 17.3 Å². The summed E-state index contributed by atoms with van der Waals surface area (Å²) in [5.41, 5.74) is 0.0775. The fourth-order valence-electron chi connectivity index (χ4n) is 4.06. The van der Waals surface area contributed by atoms with E-state index >= 15 is 0 Å². The number of carboxylic acid groups (broad SMARTS) is 1. The van der Waals surface area contributed by atoms with E-state index in [9.17, 15) is 19.1 Å². The molecule has 0 spiro atoms. The third-order valence-corrected chi connectivity index (χ3v) is 5.42. The molecule has 6 nitrogen and oxygen atoms in total. The van der Waals surface area contributed by atoms with Crippen molar-refractivity contribution in [1.29, 1.82) is 0 Å². The molecule has 1 aromatic carbocycles. The van der Waals surface area contributed by atoms with E-state index in [1.807, 2.05) is 13.8 Å². The van der Waals surface area contributed by atoms with Gasteiger partial charge in [-0.1, -0.05) is 13.8 Å². The molecular weight excluding hydrogens is 305 g/mol. The summed E-state index contributed by atoms with van der Waals surface area (Å²) in [6.45, 7) is 4.27. The van der Waals surface area contributed by atoms with Crippen molar-refractivity contribution >= 4 is 11.9 Å². The molecule has 1 aliphatic carbocycles. The number of hydrogen-bond donors (Lipinski definition) is 1. The molecule has 0 unspecified atom stereocenters. The second-order valence-electron chi connectivity index (χ2n) is 6.85. The number of likely N-dealkylation sites (tertiary alicyclic amines) is 1. The maximum Gasteiger partial charge on any atom is 0.326 e. The standard InChI is InChI=1S/C16H16FNO5/c1-16(2)8-5-18(11(10(8)16)15(20)21)14(19)7-3-4-9(17)13-12(7)22-6-23-13/h3-4,8,10-11H,5-6H2,1-2H3,(H,20,21)/t8-,10-,11-/m0/s1. The number of carbonyl (C=O) groups is 2. The zero-order valence-electron chi connectivity index (χ0n) is 12.7. The molecule has 1 N–H and O–H groups in total. The van der Waals surface area contributed by atoms with E-state index in [1.54, 1.807) is 0 Å². The Balaban J connectivity index is 1.69. The largest absolute Gasteiger partial charge is 0.480 e. The average molecular weight is 321 g/mol. The fraction of sp³-hybridized carbons (Fsp3) is 0.500. The third-order valence-electron chi connectivity index (χ3n) is 5.42. The maximum atomic E-state index is 13.7. The minimum atomic E-state index is -1.01. The molecule has 1 amide bonds. The van der Waals surface area contributed by atoms with E-state index < -0.39 is 23.7 Å². The van der Waals surface area contributed by atoms with E-state index in [4.69, 9.17) is 9.47 Å². The average Bonchev–Trinajstić information content (AvgIpc) is 2.97. The molecule has 7 heteroatoms. The Morgan fingerprint density at radius 2 is 2.00 bits per heavy atom. The first-order valence-electron chi connectivity index (χ1n) is 7.46.